The summed E-state index contributed by atoms with van der Waals surface area (Å²) in [5, 5.41) is 0. The molecule has 0 saturated heterocycles. The molecule has 0 aromatic heterocycles. The van der Waals surface area contributed by atoms with Gasteiger partial charge in [-0.1, -0.05) is 51.1 Å². The summed E-state index contributed by atoms with van der Waals surface area (Å²) in [5.41, 5.74) is 9.80. The lowest BCUT2D eigenvalue weighted by Gasteiger charge is -2.23. The molecular weight excluding hydrogens is 237 g/mol. The van der Waals surface area contributed by atoms with E-state index in [0.29, 0.717) is 6.54 Å². The van der Waals surface area contributed by atoms with Gasteiger partial charge in [-0.05, 0) is 39.8 Å². The highest BCUT2D eigenvalue weighted by Gasteiger charge is 2.19. The van der Waals surface area contributed by atoms with Crippen LogP contribution in [0.3, 0.4) is 0 Å². The number of rotatable bonds is 2. The molecule has 2 N–H and O–H groups in total. The Bertz CT molecular complexity index is 565. The summed E-state index contributed by atoms with van der Waals surface area (Å²) in [4.78, 5) is 0. The summed E-state index contributed by atoms with van der Waals surface area (Å²) < 4.78 is 13.5. The van der Waals surface area contributed by atoms with Gasteiger partial charge in [0.2, 0.25) is 0 Å². The van der Waals surface area contributed by atoms with E-state index >= 15 is 0 Å². The third kappa shape index (κ3) is 3.02. The van der Waals surface area contributed by atoms with Crippen LogP contribution in [0.25, 0.3) is 11.1 Å². The summed E-state index contributed by atoms with van der Waals surface area (Å²) in [6, 6.07) is 13.0. The first-order chi connectivity index (χ1) is 8.91. The normalized spacial score (nSPS) is 11.6. The van der Waals surface area contributed by atoms with Crippen LogP contribution in [0.2, 0.25) is 0 Å². The molecule has 100 valence electrons. The Kier molecular flexibility index (Phi) is 3.72. The minimum atomic E-state index is -0.203. The summed E-state index contributed by atoms with van der Waals surface area (Å²) in [5.74, 6) is -0.203. The average molecular weight is 257 g/mol. The standard InChI is InChI=1S/C17H20FN/c1-17(2,3)16-9-8-14(18)10-15(16)13-6-4-12(11-19)5-7-13/h4-10H,11,19H2,1-3H3. The monoisotopic (exact) mass is 257 g/mol. The van der Waals surface area contributed by atoms with Crippen LogP contribution in [0.4, 0.5) is 4.39 Å². The maximum Gasteiger partial charge on any atom is 0.123 e. The second kappa shape index (κ2) is 5.14. The van der Waals surface area contributed by atoms with Crippen molar-refractivity contribution in [3.63, 3.8) is 0 Å². The second-order valence-corrected chi connectivity index (χ2v) is 5.84. The highest BCUT2D eigenvalue weighted by Crippen LogP contribution is 2.33. The Morgan fingerprint density at radius 1 is 1.00 bits per heavy atom. The molecule has 0 spiro atoms. The van der Waals surface area contributed by atoms with Crippen LogP contribution < -0.4 is 5.73 Å². The maximum atomic E-state index is 13.5. The smallest absolute Gasteiger partial charge is 0.123 e. The van der Waals surface area contributed by atoms with Crippen LogP contribution in [0, 0.1) is 5.82 Å². The SMILES string of the molecule is CC(C)(C)c1ccc(F)cc1-c1ccc(CN)cc1. The molecule has 0 amide bonds. The Labute approximate surface area is 114 Å². The predicted molar refractivity (Wildman–Crippen MR) is 78.4 cm³/mol. The summed E-state index contributed by atoms with van der Waals surface area (Å²) in [7, 11) is 0. The van der Waals surface area contributed by atoms with E-state index in [2.05, 4.69) is 20.8 Å². The zero-order valence-corrected chi connectivity index (χ0v) is 11.7. The third-order valence-electron chi connectivity index (χ3n) is 3.29. The minimum absolute atomic E-state index is 0.0183. The number of nitrogens with two attached hydrogens (primary N) is 1. The van der Waals surface area contributed by atoms with Gasteiger partial charge in [0.1, 0.15) is 5.82 Å². The van der Waals surface area contributed by atoms with E-state index in [0.717, 1.165) is 22.3 Å². The molecule has 1 nitrogen and oxygen atoms in total. The zero-order valence-electron chi connectivity index (χ0n) is 11.7. The van der Waals surface area contributed by atoms with Crippen molar-refractivity contribution in [2.24, 2.45) is 5.73 Å². The quantitative estimate of drug-likeness (QED) is 0.855. The van der Waals surface area contributed by atoms with Gasteiger partial charge in [0.15, 0.2) is 0 Å². The van der Waals surface area contributed by atoms with Gasteiger partial charge in [-0.25, -0.2) is 4.39 Å². The van der Waals surface area contributed by atoms with Crippen LogP contribution in [-0.2, 0) is 12.0 Å². The number of hydrogen-bond donors (Lipinski definition) is 1. The summed E-state index contributed by atoms with van der Waals surface area (Å²) in [6.45, 7) is 6.93. The molecule has 2 heteroatoms. The third-order valence-corrected chi connectivity index (χ3v) is 3.29. The largest absolute Gasteiger partial charge is 0.326 e. The summed E-state index contributed by atoms with van der Waals surface area (Å²) in [6.07, 6.45) is 0. The van der Waals surface area contributed by atoms with Crippen molar-refractivity contribution in [2.75, 3.05) is 0 Å². The van der Waals surface area contributed by atoms with Crippen LogP contribution in [0.1, 0.15) is 31.9 Å². The van der Waals surface area contributed by atoms with Crippen molar-refractivity contribution in [1.29, 1.82) is 0 Å². The Morgan fingerprint density at radius 3 is 2.16 bits per heavy atom. The molecule has 0 bridgehead atoms. The molecule has 0 aliphatic heterocycles. The van der Waals surface area contributed by atoms with E-state index in [1.807, 2.05) is 30.3 Å². The van der Waals surface area contributed by atoms with E-state index in [1.165, 1.54) is 6.07 Å². The number of benzene rings is 2. The lowest BCUT2D eigenvalue weighted by atomic mass is 9.82. The van der Waals surface area contributed by atoms with E-state index in [-0.39, 0.29) is 11.2 Å². The lowest BCUT2D eigenvalue weighted by molar-refractivity contribution is 0.585. The molecule has 0 atom stereocenters. The molecule has 2 rings (SSSR count). The fourth-order valence-electron chi connectivity index (χ4n) is 2.23. The molecular formula is C17H20FN. The Morgan fingerprint density at radius 2 is 1.63 bits per heavy atom. The molecule has 0 heterocycles. The van der Waals surface area contributed by atoms with Gasteiger partial charge in [0.25, 0.3) is 0 Å². The molecule has 0 aliphatic rings. The van der Waals surface area contributed by atoms with Gasteiger partial charge in [0.05, 0.1) is 0 Å². The lowest BCUT2D eigenvalue weighted by Crippen LogP contribution is -2.13. The van der Waals surface area contributed by atoms with Gasteiger partial charge in [-0.3, -0.25) is 0 Å². The van der Waals surface area contributed by atoms with Crippen molar-refractivity contribution < 1.29 is 4.39 Å². The van der Waals surface area contributed by atoms with Crippen molar-refractivity contribution in [1.82, 2.24) is 0 Å². The Hall–Kier alpha value is -1.67. The predicted octanol–water partition coefficient (Wildman–Crippen LogP) is 4.25. The van der Waals surface area contributed by atoms with Crippen LogP contribution in [0.5, 0.6) is 0 Å². The molecule has 0 saturated carbocycles. The van der Waals surface area contributed by atoms with E-state index in [9.17, 15) is 4.39 Å². The topological polar surface area (TPSA) is 26.0 Å². The zero-order chi connectivity index (χ0) is 14.0. The first-order valence-corrected chi connectivity index (χ1v) is 6.51. The molecule has 0 radical (unpaired) electrons. The fourth-order valence-corrected chi connectivity index (χ4v) is 2.23. The van der Waals surface area contributed by atoms with Gasteiger partial charge >= 0.3 is 0 Å². The fraction of sp³-hybridized carbons (Fsp3) is 0.294. The molecule has 19 heavy (non-hydrogen) atoms. The molecule has 0 aliphatic carbocycles. The first-order valence-electron chi connectivity index (χ1n) is 6.51. The van der Waals surface area contributed by atoms with Gasteiger partial charge < -0.3 is 5.73 Å². The van der Waals surface area contributed by atoms with Gasteiger partial charge in [0, 0.05) is 6.54 Å². The highest BCUT2D eigenvalue weighted by atomic mass is 19.1. The maximum absolute atomic E-state index is 13.5. The molecule has 0 unspecified atom stereocenters. The molecule has 0 fully saturated rings. The molecule has 2 aromatic carbocycles. The number of halogens is 1. The van der Waals surface area contributed by atoms with Gasteiger partial charge in [-0.15, -0.1) is 0 Å². The van der Waals surface area contributed by atoms with Crippen molar-refractivity contribution in [3.05, 3.63) is 59.4 Å². The van der Waals surface area contributed by atoms with Crippen molar-refractivity contribution >= 4 is 0 Å². The van der Waals surface area contributed by atoms with E-state index in [1.54, 1.807) is 6.07 Å². The number of hydrogen-bond acceptors (Lipinski definition) is 1. The second-order valence-electron chi connectivity index (χ2n) is 5.84. The van der Waals surface area contributed by atoms with E-state index < -0.39 is 0 Å². The van der Waals surface area contributed by atoms with E-state index in [4.69, 9.17) is 5.73 Å². The van der Waals surface area contributed by atoms with Crippen LogP contribution in [0.15, 0.2) is 42.5 Å². The van der Waals surface area contributed by atoms with Crippen molar-refractivity contribution in [3.8, 4) is 11.1 Å². The van der Waals surface area contributed by atoms with Crippen LogP contribution >= 0.6 is 0 Å². The van der Waals surface area contributed by atoms with Crippen molar-refractivity contribution in [2.45, 2.75) is 32.7 Å². The van der Waals surface area contributed by atoms with Crippen LogP contribution in [-0.4, -0.2) is 0 Å². The highest BCUT2D eigenvalue weighted by molar-refractivity contribution is 5.69. The average Bonchev–Trinajstić information content (AvgIpc) is 2.37. The summed E-state index contributed by atoms with van der Waals surface area (Å²) >= 11 is 0. The minimum Gasteiger partial charge on any atom is -0.326 e. The van der Waals surface area contributed by atoms with Gasteiger partial charge in [-0.2, -0.15) is 0 Å². The molecule has 2 aromatic rings. The Balaban J connectivity index is 2.56. The first kappa shape index (κ1) is 13.8.